The Labute approximate surface area is 105 Å². The fourth-order valence-corrected chi connectivity index (χ4v) is 1.40. The van der Waals surface area contributed by atoms with E-state index < -0.39 is 12.2 Å². The first kappa shape index (κ1) is 16.8. The van der Waals surface area contributed by atoms with Crippen LogP contribution in [0.2, 0.25) is 0 Å². The van der Waals surface area contributed by atoms with Crippen molar-refractivity contribution in [3.8, 4) is 0 Å². The van der Waals surface area contributed by atoms with Gasteiger partial charge in [0.2, 0.25) is 0 Å². The van der Waals surface area contributed by atoms with E-state index in [-0.39, 0.29) is 12.2 Å². The molecule has 0 spiro atoms. The molecule has 0 saturated carbocycles. The zero-order valence-corrected chi connectivity index (χ0v) is 11.6. The molecule has 0 aromatic rings. The van der Waals surface area contributed by atoms with Gasteiger partial charge >= 0.3 is 0 Å². The molecular weight excluding hydrogens is 220 g/mol. The molecule has 17 heavy (non-hydrogen) atoms. The van der Waals surface area contributed by atoms with E-state index in [0.717, 1.165) is 19.3 Å². The molecule has 4 nitrogen and oxygen atoms in total. The summed E-state index contributed by atoms with van der Waals surface area (Å²) in [6.45, 7) is 8.32. The second kappa shape index (κ2) is 9.83. The minimum absolute atomic E-state index is 0.0644. The van der Waals surface area contributed by atoms with Gasteiger partial charge in [-0.05, 0) is 27.2 Å². The van der Waals surface area contributed by atoms with Crippen molar-refractivity contribution in [2.24, 2.45) is 0 Å². The number of aliphatic hydroxyl groups is 2. The Balaban J connectivity index is 3.63. The molecule has 0 aromatic carbocycles. The highest BCUT2D eigenvalue weighted by Crippen LogP contribution is 2.08. The molecule has 0 bridgehead atoms. The molecular formula is C13H28O4. The van der Waals surface area contributed by atoms with Crippen LogP contribution < -0.4 is 0 Å². The molecule has 2 N–H and O–H groups in total. The fraction of sp³-hybridized carbons (Fsp3) is 1.00. The van der Waals surface area contributed by atoms with E-state index in [9.17, 15) is 5.11 Å². The van der Waals surface area contributed by atoms with Crippen LogP contribution in [0.4, 0.5) is 0 Å². The lowest BCUT2D eigenvalue weighted by atomic mass is 10.1. The first-order valence-corrected chi connectivity index (χ1v) is 6.56. The Morgan fingerprint density at radius 3 is 2.18 bits per heavy atom. The van der Waals surface area contributed by atoms with Gasteiger partial charge in [-0.2, -0.15) is 0 Å². The third kappa shape index (κ3) is 9.53. The lowest BCUT2D eigenvalue weighted by molar-refractivity contribution is -0.0828. The number of aliphatic hydroxyl groups excluding tert-OH is 2. The van der Waals surface area contributed by atoms with Crippen LogP contribution in [0.3, 0.4) is 0 Å². The van der Waals surface area contributed by atoms with Crippen molar-refractivity contribution in [3.63, 3.8) is 0 Å². The monoisotopic (exact) mass is 248 g/mol. The molecule has 0 rings (SSSR count). The first-order valence-electron chi connectivity index (χ1n) is 6.56. The van der Waals surface area contributed by atoms with Crippen LogP contribution in [-0.4, -0.2) is 47.8 Å². The number of hydrogen-bond acceptors (Lipinski definition) is 4. The van der Waals surface area contributed by atoms with Crippen molar-refractivity contribution in [2.45, 2.75) is 71.4 Å². The molecule has 4 unspecified atom stereocenters. The quantitative estimate of drug-likeness (QED) is 0.618. The molecule has 4 heteroatoms. The van der Waals surface area contributed by atoms with Gasteiger partial charge in [-0.3, -0.25) is 0 Å². The molecule has 0 fully saturated rings. The third-order valence-electron chi connectivity index (χ3n) is 2.61. The van der Waals surface area contributed by atoms with Crippen LogP contribution in [-0.2, 0) is 9.47 Å². The van der Waals surface area contributed by atoms with Gasteiger partial charge < -0.3 is 19.7 Å². The highest BCUT2D eigenvalue weighted by atomic mass is 16.5. The summed E-state index contributed by atoms with van der Waals surface area (Å²) in [6, 6.07) is 0. The lowest BCUT2D eigenvalue weighted by Crippen LogP contribution is -2.30. The Bertz CT molecular complexity index is 173. The fourth-order valence-electron chi connectivity index (χ4n) is 1.40. The van der Waals surface area contributed by atoms with Crippen molar-refractivity contribution >= 4 is 0 Å². The standard InChI is InChI=1S/C13H28O4/c1-5-6-7-13(15)12(4)17-9-11(3)16-8-10(2)14/h10-15H,5-9H2,1-4H3. The second-order valence-electron chi connectivity index (χ2n) is 4.74. The summed E-state index contributed by atoms with van der Waals surface area (Å²) in [5.41, 5.74) is 0. The smallest absolute Gasteiger partial charge is 0.0807 e. The summed E-state index contributed by atoms with van der Waals surface area (Å²) in [4.78, 5) is 0. The lowest BCUT2D eigenvalue weighted by Gasteiger charge is -2.22. The zero-order valence-electron chi connectivity index (χ0n) is 11.6. The largest absolute Gasteiger partial charge is 0.391 e. The number of rotatable bonds is 10. The molecule has 0 aliphatic heterocycles. The summed E-state index contributed by atoms with van der Waals surface area (Å²) < 4.78 is 10.9. The minimum atomic E-state index is -0.454. The van der Waals surface area contributed by atoms with Gasteiger partial charge in [-0.25, -0.2) is 0 Å². The molecule has 0 amide bonds. The molecule has 0 aliphatic rings. The predicted octanol–water partition coefficient (Wildman–Crippen LogP) is 1.73. The van der Waals surface area contributed by atoms with Crippen LogP contribution in [0, 0.1) is 0 Å². The molecule has 0 saturated heterocycles. The van der Waals surface area contributed by atoms with E-state index in [0.29, 0.717) is 13.2 Å². The van der Waals surface area contributed by atoms with Crippen LogP contribution in [0.15, 0.2) is 0 Å². The Morgan fingerprint density at radius 2 is 1.65 bits per heavy atom. The highest BCUT2D eigenvalue weighted by molar-refractivity contribution is 4.64. The Kier molecular flexibility index (Phi) is 9.74. The van der Waals surface area contributed by atoms with Crippen molar-refractivity contribution in [2.75, 3.05) is 13.2 Å². The minimum Gasteiger partial charge on any atom is -0.391 e. The van der Waals surface area contributed by atoms with Crippen LogP contribution in [0.1, 0.15) is 47.0 Å². The van der Waals surface area contributed by atoms with Crippen LogP contribution in [0.5, 0.6) is 0 Å². The van der Waals surface area contributed by atoms with Crippen molar-refractivity contribution in [3.05, 3.63) is 0 Å². The molecule has 4 atom stereocenters. The van der Waals surface area contributed by atoms with Gasteiger partial charge in [0.25, 0.3) is 0 Å². The average Bonchev–Trinajstić information content (AvgIpc) is 2.30. The van der Waals surface area contributed by atoms with Gasteiger partial charge in [0.1, 0.15) is 0 Å². The van der Waals surface area contributed by atoms with E-state index in [1.807, 2.05) is 13.8 Å². The highest BCUT2D eigenvalue weighted by Gasteiger charge is 2.15. The summed E-state index contributed by atoms with van der Waals surface area (Å²) in [5.74, 6) is 0. The van der Waals surface area contributed by atoms with E-state index in [1.165, 1.54) is 0 Å². The van der Waals surface area contributed by atoms with E-state index in [1.54, 1.807) is 6.92 Å². The normalized spacial score (nSPS) is 18.7. The topological polar surface area (TPSA) is 58.9 Å². The number of ether oxygens (including phenoxy) is 2. The zero-order chi connectivity index (χ0) is 13.3. The Morgan fingerprint density at radius 1 is 1.00 bits per heavy atom. The third-order valence-corrected chi connectivity index (χ3v) is 2.61. The summed E-state index contributed by atoms with van der Waals surface area (Å²) >= 11 is 0. The summed E-state index contributed by atoms with van der Waals surface area (Å²) in [5, 5.41) is 18.8. The van der Waals surface area contributed by atoms with Crippen molar-refractivity contribution in [1.29, 1.82) is 0 Å². The predicted molar refractivity (Wildman–Crippen MR) is 68.0 cm³/mol. The van der Waals surface area contributed by atoms with Crippen molar-refractivity contribution in [1.82, 2.24) is 0 Å². The van der Waals surface area contributed by atoms with Crippen LogP contribution >= 0.6 is 0 Å². The maximum absolute atomic E-state index is 9.77. The summed E-state index contributed by atoms with van der Waals surface area (Å²) in [6.07, 6.45) is 1.79. The van der Waals surface area contributed by atoms with E-state index in [4.69, 9.17) is 14.6 Å². The van der Waals surface area contributed by atoms with Gasteiger partial charge in [-0.15, -0.1) is 0 Å². The molecule has 0 aliphatic carbocycles. The molecule has 0 radical (unpaired) electrons. The molecule has 104 valence electrons. The van der Waals surface area contributed by atoms with Crippen molar-refractivity contribution < 1.29 is 19.7 Å². The Hall–Kier alpha value is -0.160. The van der Waals surface area contributed by atoms with Gasteiger partial charge in [0, 0.05) is 0 Å². The first-order chi connectivity index (χ1) is 7.97. The SMILES string of the molecule is CCCCC(O)C(C)OCC(C)OCC(C)O. The second-order valence-corrected chi connectivity index (χ2v) is 4.74. The van der Waals surface area contributed by atoms with Gasteiger partial charge in [0.15, 0.2) is 0 Å². The van der Waals surface area contributed by atoms with E-state index >= 15 is 0 Å². The maximum Gasteiger partial charge on any atom is 0.0807 e. The average molecular weight is 248 g/mol. The van der Waals surface area contributed by atoms with Crippen LogP contribution in [0.25, 0.3) is 0 Å². The molecule has 0 heterocycles. The van der Waals surface area contributed by atoms with Gasteiger partial charge in [-0.1, -0.05) is 19.8 Å². The van der Waals surface area contributed by atoms with Gasteiger partial charge in [0.05, 0.1) is 37.6 Å². The van der Waals surface area contributed by atoms with E-state index in [2.05, 4.69) is 6.92 Å². The number of unbranched alkanes of at least 4 members (excludes halogenated alkanes) is 1. The number of hydrogen-bond donors (Lipinski definition) is 2. The maximum atomic E-state index is 9.77. The molecule has 0 aromatic heterocycles. The summed E-state index contributed by atoms with van der Waals surface area (Å²) in [7, 11) is 0.